The number of rotatable bonds is 7. The van der Waals surface area contributed by atoms with Crippen molar-refractivity contribution < 1.29 is 14.6 Å². The fourth-order valence-corrected chi connectivity index (χ4v) is 3.08. The number of amides is 1. The SMILES string of the molecule is CN(Cc1ccccc1OCC(=O)N(C)C)CC1(O)CCCC1. The second kappa shape index (κ2) is 7.79. The molecule has 0 saturated heterocycles. The van der Waals surface area contributed by atoms with Gasteiger partial charge < -0.3 is 14.7 Å². The highest BCUT2D eigenvalue weighted by Crippen LogP contribution is 2.30. The zero-order chi connectivity index (χ0) is 16.9. The average molecular weight is 320 g/mol. The van der Waals surface area contributed by atoms with Gasteiger partial charge >= 0.3 is 0 Å². The minimum atomic E-state index is -0.550. The summed E-state index contributed by atoms with van der Waals surface area (Å²) < 4.78 is 5.68. The maximum atomic E-state index is 11.7. The van der Waals surface area contributed by atoms with E-state index in [2.05, 4.69) is 4.90 Å². The standard InChI is InChI=1S/C18H28N2O3/c1-19(2)17(21)13-23-16-9-5-4-8-15(16)12-20(3)14-18(22)10-6-7-11-18/h4-5,8-9,22H,6-7,10-14H2,1-3H3. The third-order valence-electron chi connectivity index (χ3n) is 4.36. The molecule has 1 aliphatic carbocycles. The zero-order valence-electron chi connectivity index (χ0n) is 14.4. The van der Waals surface area contributed by atoms with E-state index in [1.807, 2.05) is 31.3 Å². The normalized spacial score (nSPS) is 16.6. The Morgan fingerprint density at radius 1 is 1.22 bits per heavy atom. The van der Waals surface area contributed by atoms with Crippen molar-refractivity contribution in [2.45, 2.75) is 37.8 Å². The molecular formula is C18H28N2O3. The van der Waals surface area contributed by atoms with Gasteiger partial charge in [-0.3, -0.25) is 9.69 Å². The highest BCUT2D eigenvalue weighted by atomic mass is 16.5. The highest BCUT2D eigenvalue weighted by Gasteiger charge is 2.32. The van der Waals surface area contributed by atoms with Crippen LogP contribution in [0.3, 0.4) is 0 Å². The summed E-state index contributed by atoms with van der Waals surface area (Å²) in [6.45, 7) is 1.39. The molecule has 1 N–H and O–H groups in total. The average Bonchev–Trinajstić information content (AvgIpc) is 2.91. The van der Waals surface area contributed by atoms with Gasteiger partial charge in [0, 0.05) is 32.7 Å². The summed E-state index contributed by atoms with van der Waals surface area (Å²) in [6, 6.07) is 7.76. The molecule has 1 fully saturated rings. The molecule has 0 aliphatic heterocycles. The van der Waals surface area contributed by atoms with Crippen LogP contribution >= 0.6 is 0 Å². The van der Waals surface area contributed by atoms with E-state index in [-0.39, 0.29) is 12.5 Å². The molecule has 23 heavy (non-hydrogen) atoms. The van der Waals surface area contributed by atoms with E-state index in [1.165, 1.54) is 4.90 Å². The van der Waals surface area contributed by atoms with E-state index in [1.54, 1.807) is 14.1 Å². The quantitative estimate of drug-likeness (QED) is 0.833. The molecule has 0 spiro atoms. The van der Waals surface area contributed by atoms with E-state index < -0.39 is 5.60 Å². The summed E-state index contributed by atoms with van der Waals surface area (Å²) in [5, 5.41) is 10.5. The lowest BCUT2D eigenvalue weighted by molar-refractivity contribution is -0.130. The van der Waals surface area contributed by atoms with Gasteiger partial charge in [-0.2, -0.15) is 0 Å². The summed E-state index contributed by atoms with van der Waals surface area (Å²) in [4.78, 5) is 15.3. The van der Waals surface area contributed by atoms with E-state index >= 15 is 0 Å². The Morgan fingerprint density at radius 2 is 1.87 bits per heavy atom. The first-order chi connectivity index (χ1) is 10.9. The summed E-state index contributed by atoms with van der Waals surface area (Å²) >= 11 is 0. The van der Waals surface area contributed by atoms with Crippen LogP contribution in [-0.2, 0) is 11.3 Å². The lowest BCUT2D eigenvalue weighted by atomic mass is 10.0. The van der Waals surface area contributed by atoms with Gasteiger partial charge in [-0.05, 0) is 26.0 Å². The molecule has 0 atom stereocenters. The first-order valence-electron chi connectivity index (χ1n) is 8.21. The van der Waals surface area contributed by atoms with Gasteiger partial charge in [-0.25, -0.2) is 0 Å². The second-order valence-corrected chi connectivity index (χ2v) is 6.79. The molecule has 0 unspecified atom stereocenters. The van der Waals surface area contributed by atoms with E-state index in [4.69, 9.17) is 4.74 Å². The van der Waals surface area contributed by atoms with Crippen LogP contribution in [-0.4, -0.2) is 60.7 Å². The number of para-hydroxylation sites is 1. The first-order valence-corrected chi connectivity index (χ1v) is 8.21. The molecule has 1 aromatic carbocycles. The Balaban J connectivity index is 1.95. The Kier molecular flexibility index (Phi) is 6.02. The topological polar surface area (TPSA) is 53.0 Å². The molecule has 0 heterocycles. The van der Waals surface area contributed by atoms with E-state index in [0.717, 1.165) is 37.0 Å². The monoisotopic (exact) mass is 320 g/mol. The fraction of sp³-hybridized carbons (Fsp3) is 0.611. The minimum Gasteiger partial charge on any atom is -0.483 e. The summed E-state index contributed by atoms with van der Waals surface area (Å²) in [7, 11) is 5.44. The van der Waals surface area contributed by atoms with E-state index in [0.29, 0.717) is 13.1 Å². The third kappa shape index (κ3) is 5.22. The summed E-state index contributed by atoms with van der Waals surface area (Å²) in [5.41, 5.74) is 0.481. The molecule has 128 valence electrons. The molecule has 5 heteroatoms. The first kappa shape index (κ1) is 17.8. The predicted molar refractivity (Wildman–Crippen MR) is 90.4 cm³/mol. The predicted octanol–water partition coefficient (Wildman–Crippen LogP) is 1.89. The largest absolute Gasteiger partial charge is 0.483 e. The van der Waals surface area contributed by atoms with Gasteiger partial charge in [0.25, 0.3) is 5.91 Å². The molecule has 5 nitrogen and oxygen atoms in total. The van der Waals surface area contributed by atoms with E-state index in [9.17, 15) is 9.90 Å². The second-order valence-electron chi connectivity index (χ2n) is 6.79. The van der Waals surface area contributed by atoms with Gasteiger partial charge in [0.1, 0.15) is 5.75 Å². The molecule has 1 aliphatic rings. The van der Waals surface area contributed by atoms with Crippen LogP contribution in [0, 0.1) is 0 Å². The number of carbonyl (C=O) groups is 1. The van der Waals surface area contributed by atoms with Crippen LogP contribution in [0.5, 0.6) is 5.75 Å². The smallest absolute Gasteiger partial charge is 0.259 e. The summed E-state index contributed by atoms with van der Waals surface area (Å²) in [5.74, 6) is 0.668. The highest BCUT2D eigenvalue weighted by molar-refractivity contribution is 5.77. The summed E-state index contributed by atoms with van der Waals surface area (Å²) in [6.07, 6.45) is 3.98. The van der Waals surface area contributed by atoms with Crippen molar-refractivity contribution in [3.8, 4) is 5.75 Å². The molecule has 0 bridgehead atoms. The van der Waals surface area contributed by atoms with Crippen LogP contribution in [0.25, 0.3) is 0 Å². The number of hydrogen-bond acceptors (Lipinski definition) is 4. The molecule has 1 saturated carbocycles. The maximum Gasteiger partial charge on any atom is 0.259 e. The number of carbonyl (C=O) groups excluding carboxylic acids is 1. The van der Waals surface area contributed by atoms with Crippen LogP contribution < -0.4 is 4.74 Å². The fourth-order valence-electron chi connectivity index (χ4n) is 3.08. The van der Waals surface area contributed by atoms with Gasteiger partial charge in [0.15, 0.2) is 6.61 Å². The number of likely N-dealkylation sites (N-methyl/N-ethyl adjacent to an activating group) is 2. The number of ether oxygens (including phenoxy) is 1. The Labute approximate surface area is 138 Å². The molecular weight excluding hydrogens is 292 g/mol. The van der Waals surface area contributed by atoms with Crippen molar-refractivity contribution in [1.82, 2.24) is 9.80 Å². The zero-order valence-corrected chi connectivity index (χ0v) is 14.4. The van der Waals surface area contributed by atoms with Crippen LogP contribution in [0.2, 0.25) is 0 Å². The lowest BCUT2D eigenvalue weighted by Gasteiger charge is -2.29. The lowest BCUT2D eigenvalue weighted by Crippen LogP contribution is -2.38. The van der Waals surface area contributed by atoms with Crippen molar-refractivity contribution in [1.29, 1.82) is 0 Å². The van der Waals surface area contributed by atoms with Gasteiger partial charge in [0.2, 0.25) is 0 Å². The van der Waals surface area contributed by atoms with Gasteiger partial charge in [-0.15, -0.1) is 0 Å². The Morgan fingerprint density at radius 3 is 2.52 bits per heavy atom. The van der Waals surface area contributed by atoms with Crippen LogP contribution in [0.15, 0.2) is 24.3 Å². The third-order valence-corrected chi connectivity index (χ3v) is 4.36. The number of hydrogen-bond donors (Lipinski definition) is 1. The molecule has 2 rings (SSSR count). The van der Waals surface area contributed by atoms with Gasteiger partial charge in [-0.1, -0.05) is 31.0 Å². The molecule has 0 aromatic heterocycles. The Hall–Kier alpha value is -1.59. The maximum absolute atomic E-state index is 11.7. The van der Waals surface area contributed by atoms with Crippen molar-refractivity contribution in [2.24, 2.45) is 0 Å². The number of aliphatic hydroxyl groups is 1. The molecule has 0 radical (unpaired) electrons. The van der Waals surface area contributed by atoms with Gasteiger partial charge in [0.05, 0.1) is 5.60 Å². The Bertz CT molecular complexity index is 525. The van der Waals surface area contributed by atoms with Crippen LogP contribution in [0.1, 0.15) is 31.2 Å². The van der Waals surface area contributed by atoms with Crippen molar-refractivity contribution in [2.75, 3.05) is 34.3 Å². The van der Waals surface area contributed by atoms with Crippen molar-refractivity contribution >= 4 is 5.91 Å². The molecule has 1 aromatic rings. The molecule has 1 amide bonds. The number of nitrogens with zero attached hydrogens (tertiary/aromatic N) is 2. The minimum absolute atomic E-state index is 0.0394. The van der Waals surface area contributed by atoms with Crippen LogP contribution in [0.4, 0.5) is 0 Å². The van der Waals surface area contributed by atoms with Crippen molar-refractivity contribution in [3.05, 3.63) is 29.8 Å². The number of benzene rings is 1. The van der Waals surface area contributed by atoms with Crippen molar-refractivity contribution in [3.63, 3.8) is 0 Å².